The third-order valence-electron chi connectivity index (χ3n) is 2.68. The van der Waals surface area contributed by atoms with Crippen LogP contribution in [-0.4, -0.2) is 6.54 Å². The lowest BCUT2D eigenvalue weighted by Gasteiger charge is -2.04. The van der Waals surface area contributed by atoms with Gasteiger partial charge in [-0.15, -0.1) is 0 Å². The Labute approximate surface area is 85.9 Å². The number of rotatable bonds is 2. The quantitative estimate of drug-likeness (QED) is 0.758. The van der Waals surface area contributed by atoms with Gasteiger partial charge in [-0.2, -0.15) is 0 Å². The van der Waals surface area contributed by atoms with Crippen LogP contribution in [0.4, 0.5) is 8.78 Å². The van der Waals surface area contributed by atoms with E-state index < -0.39 is 11.6 Å². The minimum Gasteiger partial charge on any atom is -0.330 e. The van der Waals surface area contributed by atoms with Crippen molar-refractivity contribution in [1.82, 2.24) is 0 Å². The van der Waals surface area contributed by atoms with Gasteiger partial charge in [0.1, 0.15) is 11.6 Å². The fourth-order valence-electron chi connectivity index (χ4n) is 1.74. The minimum absolute atomic E-state index is 0.0240. The molecule has 2 atom stereocenters. The highest BCUT2D eigenvalue weighted by Gasteiger charge is 2.40. The maximum atomic E-state index is 13.5. The first-order valence-corrected chi connectivity index (χ1v) is 4.86. The molecule has 1 aliphatic carbocycles. The Morgan fingerprint density at radius 1 is 1.43 bits per heavy atom. The van der Waals surface area contributed by atoms with Crippen LogP contribution in [0, 0.1) is 17.6 Å². The van der Waals surface area contributed by atoms with Gasteiger partial charge in [-0.3, -0.25) is 0 Å². The number of hydrogen-bond acceptors (Lipinski definition) is 1. The first-order valence-electron chi connectivity index (χ1n) is 4.48. The summed E-state index contributed by atoms with van der Waals surface area (Å²) in [5, 5.41) is -0.0240. The van der Waals surface area contributed by atoms with Gasteiger partial charge in [0.05, 0.1) is 5.02 Å². The molecule has 4 heteroatoms. The molecule has 0 spiro atoms. The normalized spacial score (nSPS) is 25.1. The van der Waals surface area contributed by atoms with Crippen LogP contribution in [0.3, 0.4) is 0 Å². The standard InChI is InChI=1S/C10H10ClF2N/c11-7-1-2-8(12)9(10(7)13)6-3-5(6)4-14/h1-2,5-6H,3-4,14H2. The molecule has 0 aromatic heterocycles. The first kappa shape index (κ1) is 9.87. The molecule has 1 aliphatic rings. The summed E-state index contributed by atoms with van der Waals surface area (Å²) >= 11 is 5.58. The Hall–Kier alpha value is -0.670. The molecule has 0 radical (unpaired) electrons. The van der Waals surface area contributed by atoms with E-state index in [0.717, 1.165) is 6.42 Å². The zero-order valence-electron chi connectivity index (χ0n) is 7.43. The molecule has 0 aliphatic heterocycles. The molecular formula is C10H10ClF2N. The lowest BCUT2D eigenvalue weighted by molar-refractivity contribution is 0.552. The van der Waals surface area contributed by atoms with E-state index in [1.54, 1.807) is 0 Å². The van der Waals surface area contributed by atoms with Crippen LogP contribution < -0.4 is 5.73 Å². The van der Waals surface area contributed by atoms with Gasteiger partial charge in [-0.1, -0.05) is 11.6 Å². The third-order valence-corrected chi connectivity index (χ3v) is 2.97. The summed E-state index contributed by atoms with van der Waals surface area (Å²) in [6.07, 6.45) is 0.755. The first-order chi connectivity index (χ1) is 6.65. The van der Waals surface area contributed by atoms with Crippen molar-refractivity contribution in [3.05, 3.63) is 34.4 Å². The van der Waals surface area contributed by atoms with Gasteiger partial charge in [0.15, 0.2) is 0 Å². The molecule has 76 valence electrons. The van der Waals surface area contributed by atoms with Crippen molar-refractivity contribution in [2.45, 2.75) is 12.3 Å². The van der Waals surface area contributed by atoms with Crippen molar-refractivity contribution in [3.8, 4) is 0 Å². The summed E-state index contributed by atoms with van der Waals surface area (Å²) in [5.74, 6) is -1.03. The van der Waals surface area contributed by atoms with E-state index in [0.29, 0.717) is 6.54 Å². The van der Waals surface area contributed by atoms with E-state index in [9.17, 15) is 8.78 Å². The SMILES string of the molecule is NCC1CC1c1c(F)ccc(Cl)c1F. The highest BCUT2D eigenvalue weighted by Crippen LogP contribution is 2.49. The van der Waals surface area contributed by atoms with Crippen LogP contribution in [0.1, 0.15) is 17.9 Å². The summed E-state index contributed by atoms with van der Waals surface area (Å²) in [6.45, 7) is 0.468. The van der Waals surface area contributed by atoms with Gasteiger partial charge in [0, 0.05) is 5.56 Å². The molecular weight excluding hydrogens is 208 g/mol. The van der Waals surface area contributed by atoms with Crippen LogP contribution in [0.2, 0.25) is 5.02 Å². The van der Waals surface area contributed by atoms with E-state index in [4.69, 9.17) is 17.3 Å². The molecule has 2 N–H and O–H groups in total. The summed E-state index contributed by atoms with van der Waals surface area (Å²) in [4.78, 5) is 0. The predicted octanol–water partition coefficient (Wildman–Crippen LogP) is 2.68. The van der Waals surface area contributed by atoms with Gasteiger partial charge in [-0.05, 0) is 36.9 Å². The van der Waals surface area contributed by atoms with Crippen LogP contribution in [0.5, 0.6) is 0 Å². The van der Waals surface area contributed by atoms with Crippen molar-refractivity contribution in [1.29, 1.82) is 0 Å². The van der Waals surface area contributed by atoms with Crippen molar-refractivity contribution in [2.75, 3.05) is 6.54 Å². The lowest BCUT2D eigenvalue weighted by Crippen LogP contribution is -2.04. The lowest BCUT2D eigenvalue weighted by atomic mass is 10.1. The van der Waals surface area contributed by atoms with Crippen LogP contribution in [-0.2, 0) is 0 Å². The smallest absolute Gasteiger partial charge is 0.148 e. The molecule has 1 fully saturated rings. The minimum atomic E-state index is -0.632. The maximum Gasteiger partial charge on any atom is 0.148 e. The molecule has 2 rings (SSSR count). The number of hydrogen-bond donors (Lipinski definition) is 1. The summed E-state index contributed by atoms with van der Waals surface area (Å²) in [6, 6.07) is 2.43. The van der Waals surface area contributed by atoms with Crippen molar-refractivity contribution < 1.29 is 8.78 Å². The molecule has 1 aromatic rings. The Kier molecular flexibility index (Phi) is 2.45. The molecule has 0 amide bonds. The predicted molar refractivity (Wildman–Crippen MR) is 51.3 cm³/mol. The molecule has 1 aromatic carbocycles. The van der Waals surface area contributed by atoms with E-state index in [2.05, 4.69) is 0 Å². The topological polar surface area (TPSA) is 26.0 Å². The molecule has 0 saturated heterocycles. The zero-order chi connectivity index (χ0) is 10.3. The molecule has 0 heterocycles. The van der Waals surface area contributed by atoms with Gasteiger partial charge in [0.2, 0.25) is 0 Å². The fourth-order valence-corrected chi connectivity index (χ4v) is 1.91. The average molecular weight is 218 g/mol. The molecule has 2 unspecified atom stereocenters. The van der Waals surface area contributed by atoms with E-state index in [1.807, 2.05) is 0 Å². The van der Waals surface area contributed by atoms with Gasteiger partial charge >= 0.3 is 0 Å². The van der Waals surface area contributed by atoms with Crippen LogP contribution in [0.25, 0.3) is 0 Å². The summed E-state index contributed by atoms with van der Waals surface area (Å²) in [5.41, 5.74) is 5.53. The van der Waals surface area contributed by atoms with E-state index in [1.165, 1.54) is 12.1 Å². The highest BCUT2D eigenvalue weighted by molar-refractivity contribution is 6.30. The second-order valence-corrected chi connectivity index (χ2v) is 4.00. The van der Waals surface area contributed by atoms with E-state index >= 15 is 0 Å². The molecule has 14 heavy (non-hydrogen) atoms. The maximum absolute atomic E-state index is 13.5. The van der Waals surface area contributed by atoms with Crippen molar-refractivity contribution in [3.63, 3.8) is 0 Å². The number of nitrogens with two attached hydrogens (primary N) is 1. The Morgan fingerprint density at radius 3 is 2.71 bits per heavy atom. The van der Waals surface area contributed by atoms with E-state index in [-0.39, 0.29) is 22.4 Å². The van der Waals surface area contributed by atoms with Crippen LogP contribution >= 0.6 is 11.6 Å². The summed E-state index contributed by atoms with van der Waals surface area (Å²) < 4.78 is 26.7. The number of halogens is 3. The zero-order valence-corrected chi connectivity index (χ0v) is 8.19. The average Bonchev–Trinajstić information content (AvgIpc) is 2.92. The van der Waals surface area contributed by atoms with Gasteiger partial charge in [0.25, 0.3) is 0 Å². The Balaban J connectivity index is 2.38. The highest BCUT2D eigenvalue weighted by atomic mass is 35.5. The van der Waals surface area contributed by atoms with Crippen LogP contribution in [0.15, 0.2) is 12.1 Å². The van der Waals surface area contributed by atoms with Crippen molar-refractivity contribution >= 4 is 11.6 Å². The molecule has 1 nitrogen and oxygen atoms in total. The molecule has 0 bridgehead atoms. The van der Waals surface area contributed by atoms with Crippen molar-refractivity contribution in [2.24, 2.45) is 11.7 Å². The Morgan fingerprint density at radius 2 is 2.14 bits per heavy atom. The largest absolute Gasteiger partial charge is 0.330 e. The van der Waals surface area contributed by atoms with Gasteiger partial charge < -0.3 is 5.73 Å². The summed E-state index contributed by atoms with van der Waals surface area (Å²) in [7, 11) is 0. The van der Waals surface area contributed by atoms with Gasteiger partial charge in [-0.25, -0.2) is 8.78 Å². The second-order valence-electron chi connectivity index (χ2n) is 3.59. The fraction of sp³-hybridized carbons (Fsp3) is 0.400. The third kappa shape index (κ3) is 1.51. The Bertz CT molecular complexity index is 367. The monoisotopic (exact) mass is 217 g/mol. The number of benzene rings is 1. The second kappa shape index (κ2) is 3.48. The molecule has 1 saturated carbocycles.